The maximum Gasteiger partial charge on any atom is 0.254 e. The number of likely N-dealkylation sites (N-methyl/N-ethyl adjacent to an activating group) is 2. The van der Waals surface area contributed by atoms with E-state index in [2.05, 4.69) is 20.6 Å². The first-order valence-corrected chi connectivity index (χ1v) is 19.1. The number of halogens is 1. The van der Waals surface area contributed by atoms with Gasteiger partial charge in [0.25, 0.3) is 11.8 Å². The van der Waals surface area contributed by atoms with E-state index in [1.165, 1.54) is 38.5 Å². The Bertz CT molecular complexity index is 2510. The van der Waals surface area contributed by atoms with Gasteiger partial charge in [-0.25, -0.2) is 14.4 Å². The van der Waals surface area contributed by atoms with Crippen LogP contribution in [0.3, 0.4) is 0 Å². The molecule has 0 radical (unpaired) electrons. The summed E-state index contributed by atoms with van der Waals surface area (Å²) in [6.07, 6.45) is 0.304. The summed E-state index contributed by atoms with van der Waals surface area (Å²) >= 11 is 2.98. The van der Waals surface area contributed by atoms with Gasteiger partial charge in [0.05, 0.1) is 37.0 Å². The minimum atomic E-state index is -1.09. The van der Waals surface area contributed by atoms with Gasteiger partial charge in [0.15, 0.2) is 0 Å². The van der Waals surface area contributed by atoms with Gasteiger partial charge >= 0.3 is 0 Å². The third-order valence-corrected chi connectivity index (χ3v) is 10.9. The van der Waals surface area contributed by atoms with E-state index >= 15 is 4.39 Å². The van der Waals surface area contributed by atoms with Crippen LogP contribution in [0.2, 0.25) is 0 Å². The van der Waals surface area contributed by atoms with E-state index in [1.54, 1.807) is 37.2 Å². The molecule has 0 fully saturated rings. The maximum atomic E-state index is 15.4. The highest BCUT2D eigenvalue weighted by atomic mass is 32.1. The molecule has 0 unspecified atom stereocenters. The topological polar surface area (TPSA) is 125 Å². The smallest absolute Gasteiger partial charge is 0.254 e. The lowest BCUT2D eigenvalue weighted by atomic mass is 10.0. The third kappa shape index (κ3) is 8.43. The number of nitrogens with one attached hydrogen (secondary N) is 2. The SMILES string of the molecule is CN(C(=O)[C@H](Cc1ccccc1)NC(=O)c1ccc(F)c(C(=O)N[C@@H](Cc2ccccc2)C(=O)N(C)c2ccc3scnc3c2)c1)c1ccc2scnc2c1. The molecular weight excluding hydrogens is 736 g/mol. The highest BCUT2D eigenvalue weighted by Gasteiger charge is 2.29. The Kier molecular flexibility index (Phi) is 11.0. The lowest BCUT2D eigenvalue weighted by Crippen LogP contribution is -2.49. The van der Waals surface area contributed by atoms with Crippen LogP contribution in [0.4, 0.5) is 15.8 Å². The lowest BCUT2D eigenvalue weighted by molar-refractivity contribution is -0.120. The fraction of sp³-hybridized carbons (Fsp3) is 0.143. The predicted octanol–water partition coefficient (Wildman–Crippen LogP) is 7.05. The predicted molar refractivity (Wildman–Crippen MR) is 215 cm³/mol. The van der Waals surface area contributed by atoms with E-state index in [1.807, 2.05) is 84.9 Å². The lowest BCUT2D eigenvalue weighted by Gasteiger charge is -2.25. The molecule has 5 aromatic carbocycles. The molecule has 7 aromatic rings. The summed E-state index contributed by atoms with van der Waals surface area (Å²) < 4.78 is 17.3. The van der Waals surface area contributed by atoms with Gasteiger partial charge in [-0.2, -0.15) is 0 Å². The van der Waals surface area contributed by atoms with Gasteiger partial charge < -0.3 is 20.4 Å². The minimum absolute atomic E-state index is 0.0384. The molecule has 0 aliphatic rings. The maximum absolute atomic E-state index is 15.4. The van der Waals surface area contributed by atoms with Crippen LogP contribution in [0.25, 0.3) is 20.4 Å². The first kappa shape index (κ1) is 37.0. The summed E-state index contributed by atoms with van der Waals surface area (Å²) in [4.78, 5) is 67.2. The zero-order valence-electron chi connectivity index (χ0n) is 29.8. The van der Waals surface area contributed by atoms with Gasteiger partial charge in [-0.3, -0.25) is 19.2 Å². The number of thiazole rings is 2. The van der Waals surface area contributed by atoms with Crippen molar-refractivity contribution in [2.45, 2.75) is 24.9 Å². The Labute approximate surface area is 324 Å². The minimum Gasteiger partial charge on any atom is -0.340 e. The normalized spacial score (nSPS) is 12.2. The molecule has 0 saturated carbocycles. The largest absolute Gasteiger partial charge is 0.340 e. The molecule has 10 nitrogen and oxygen atoms in total. The number of aromatic nitrogens is 2. The summed E-state index contributed by atoms with van der Waals surface area (Å²) in [5.74, 6) is -3.25. The molecule has 276 valence electrons. The van der Waals surface area contributed by atoms with E-state index in [-0.39, 0.29) is 24.3 Å². The number of nitrogens with zero attached hydrogens (tertiary/aromatic N) is 4. The average molecular weight is 771 g/mol. The fourth-order valence-electron chi connectivity index (χ4n) is 6.25. The Morgan fingerprint density at radius 1 is 0.618 bits per heavy atom. The van der Waals surface area contributed by atoms with Crippen molar-refractivity contribution in [1.29, 1.82) is 0 Å². The van der Waals surface area contributed by atoms with Gasteiger partial charge in [0.2, 0.25) is 11.8 Å². The average Bonchev–Trinajstić information content (AvgIpc) is 3.89. The standard InChI is InChI=1S/C42H35FN6O4S2/c1-48(29-14-17-37-33(22-29)44-24-54-37)41(52)35(19-26-9-5-3-6-10-26)46-39(50)28-13-16-32(43)31(21-28)40(51)47-36(20-27-11-7-4-8-12-27)42(53)49(2)30-15-18-38-34(23-30)45-25-55-38/h3-18,21-25,35-36H,19-20H2,1-2H3,(H,46,50)(H,47,51)/t35-,36-/m0/s1. The van der Waals surface area contributed by atoms with E-state index in [0.29, 0.717) is 11.4 Å². The number of amides is 4. The molecule has 0 saturated heterocycles. The van der Waals surface area contributed by atoms with Crippen LogP contribution in [0.1, 0.15) is 31.8 Å². The molecule has 0 aliphatic heterocycles. The second kappa shape index (κ2) is 16.4. The van der Waals surface area contributed by atoms with Crippen LogP contribution < -0.4 is 20.4 Å². The van der Waals surface area contributed by atoms with Gasteiger partial charge in [-0.15, -0.1) is 22.7 Å². The van der Waals surface area contributed by atoms with Gasteiger partial charge in [0, 0.05) is 43.9 Å². The summed E-state index contributed by atoms with van der Waals surface area (Å²) in [5.41, 5.74) is 7.25. The van der Waals surface area contributed by atoms with E-state index < -0.39 is 41.2 Å². The van der Waals surface area contributed by atoms with Crippen LogP contribution in [0.5, 0.6) is 0 Å². The van der Waals surface area contributed by atoms with E-state index in [4.69, 9.17) is 0 Å². The number of benzene rings is 5. The van der Waals surface area contributed by atoms with Crippen LogP contribution in [0, 0.1) is 5.82 Å². The quantitative estimate of drug-likeness (QED) is 0.137. The molecule has 7 rings (SSSR count). The first-order chi connectivity index (χ1) is 26.6. The second-order valence-electron chi connectivity index (χ2n) is 12.9. The van der Waals surface area contributed by atoms with Crippen molar-refractivity contribution in [3.8, 4) is 0 Å². The third-order valence-electron chi connectivity index (χ3n) is 9.31. The van der Waals surface area contributed by atoms with Crippen LogP contribution in [0.15, 0.2) is 126 Å². The Balaban J connectivity index is 1.12. The Morgan fingerprint density at radius 2 is 1.09 bits per heavy atom. The molecular formula is C42H35FN6O4S2. The van der Waals surface area contributed by atoms with Crippen molar-refractivity contribution in [3.63, 3.8) is 0 Å². The number of hydrogen-bond donors (Lipinski definition) is 2. The van der Waals surface area contributed by atoms with Gasteiger partial charge in [-0.1, -0.05) is 60.7 Å². The number of anilines is 2. The van der Waals surface area contributed by atoms with Gasteiger partial charge in [-0.05, 0) is 65.7 Å². The summed E-state index contributed by atoms with van der Waals surface area (Å²) in [6, 6.07) is 30.7. The Morgan fingerprint density at radius 3 is 1.58 bits per heavy atom. The number of carbonyl (C=O) groups excluding carboxylic acids is 4. The number of hydrogen-bond acceptors (Lipinski definition) is 8. The molecule has 0 aliphatic carbocycles. The van der Waals surface area contributed by atoms with Crippen molar-refractivity contribution in [1.82, 2.24) is 20.6 Å². The molecule has 13 heteroatoms. The second-order valence-corrected chi connectivity index (χ2v) is 14.7. The van der Waals surface area contributed by atoms with Crippen molar-refractivity contribution >= 4 is 78.1 Å². The van der Waals surface area contributed by atoms with Crippen molar-refractivity contribution < 1.29 is 23.6 Å². The molecule has 4 amide bonds. The van der Waals surface area contributed by atoms with Crippen molar-refractivity contribution in [3.05, 3.63) is 154 Å². The summed E-state index contributed by atoms with van der Waals surface area (Å²) in [7, 11) is 3.23. The highest BCUT2D eigenvalue weighted by molar-refractivity contribution is 7.17. The molecule has 0 spiro atoms. The van der Waals surface area contributed by atoms with Crippen LogP contribution >= 0.6 is 22.7 Å². The van der Waals surface area contributed by atoms with Crippen molar-refractivity contribution in [2.24, 2.45) is 0 Å². The zero-order chi connectivity index (χ0) is 38.5. The molecule has 2 heterocycles. The fourth-order valence-corrected chi connectivity index (χ4v) is 7.57. The Hall–Kier alpha value is -6.31. The summed E-state index contributed by atoms with van der Waals surface area (Å²) in [5, 5.41) is 5.55. The number of carbonyl (C=O) groups is 4. The van der Waals surface area contributed by atoms with Crippen LogP contribution in [-0.2, 0) is 22.4 Å². The summed E-state index contributed by atoms with van der Waals surface area (Å²) in [6.45, 7) is 0. The van der Waals surface area contributed by atoms with Crippen LogP contribution in [-0.4, -0.2) is 59.8 Å². The molecule has 2 atom stereocenters. The molecule has 0 bridgehead atoms. The zero-order valence-corrected chi connectivity index (χ0v) is 31.4. The van der Waals surface area contributed by atoms with Gasteiger partial charge in [0.1, 0.15) is 17.9 Å². The van der Waals surface area contributed by atoms with Crippen molar-refractivity contribution in [2.75, 3.05) is 23.9 Å². The molecule has 2 N–H and O–H groups in total. The monoisotopic (exact) mass is 770 g/mol. The highest BCUT2D eigenvalue weighted by Crippen LogP contribution is 2.26. The number of fused-ring (bicyclic) bond motifs is 2. The molecule has 55 heavy (non-hydrogen) atoms. The van der Waals surface area contributed by atoms with E-state index in [0.717, 1.165) is 43.7 Å². The number of rotatable bonds is 12. The van der Waals surface area contributed by atoms with E-state index in [9.17, 15) is 19.2 Å². The molecule has 2 aromatic heterocycles. The first-order valence-electron chi connectivity index (χ1n) is 17.4.